The number of carbonyl (C=O) groups excluding carboxylic acids is 2. The third-order valence-corrected chi connectivity index (χ3v) is 4.44. The summed E-state index contributed by atoms with van der Waals surface area (Å²) >= 11 is 0. The molecule has 144 valence electrons. The molecule has 1 N–H and O–H groups in total. The Hall–Kier alpha value is -3.48. The van der Waals surface area contributed by atoms with Crippen LogP contribution >= 0.6 is 0 Å². The van der Waals surface area contributed by atoms with Gasteiger partial charge in [-0.2, -0.15) is 0 Å². The van der Waals surface area contributed by atoms with Crippen LogP contribution in [-0.2, 0) is 20.9 Å². The van der Waals surface area contributed by atoms with Gasteiger partial charge >= 0.3 is 5.97 Å². The third kappa shape index (κ3) is 4.43. The SMILES string of the molecule is CC(=O)OCC(=O)Nc1ccc2ncn(Cc3ccc(C)c(C)c3)c(=O)c2c1. The van der Waals surface area contributed by atoms with Gasteiger partial charge in [0.1, 0.15) is 0 Å². The van der Waals surface area contributed by atoms with Gasteiger partial charge in [0.15, 0.2) is 6.61 Å². The van der Waals surface area contributed by atoms with Crippen LogP contribution in [0, 0.1) is 13.8 Å². The van der Waals surface area contributed by atoms with Crippen molar-refractivity contribution in [1.82, 2.24) is 9.55 Å². The molecule has 0 fully saturated rings. The molecule has 7 heteroatoms. The first-order valence-electron chi connectivity index (χ1n) is 8.82. The molecule has 0 radical (unpaired) electrons. The smallest absolute Gasteiger partial charge is 0.303 e. The van der Waals surface area contributed by atoms with E-state index in [2.05, 4.69) is 21.1 Å². The maximum absolute atomic E-state index is 12.9. The lowest BCUT2D eigenvalue weighted by molar-refractivity contribution is -0.144. The number of fused-ring (bicyclic) bond motifs is 1. The number of benzene rings is 2. The summed E-state index contributed by atoms with van der Waals surface area (Å²) in [4.78, 5) is 39.8. The fourth-order valence-electron chi connectivity index (χ4n) is 2.81. The van der Waals surface area contributed by atoms with Crippen molar-refractivity contribution in [3.8, 4) is 0 Å². The number of aromatic nitrogens is 2. The first-order valence-corrected chi connectivity index (χ1v) is 8.82. The number of ether oxygens (including phenoxy) is 1. The van der Waals surface area contributed by atoms with Crippen molar-refractivity contribution in [1.29, 1.82) is 0 Å². The molecule has 1 aromatic heterocycles. The molecule has 0 spiro atoms. The molecule has 1 amide bonds. The zero-order chi connectivity index (χ0) is 20.3. The lowest BCUT2D eigenvalue weighted by atomic mass is 10.1. The lowest BCUT2D eigenvalue weighted by Gasteiger charge is -2.10. The van der Waals surface area contributed by atoms with Gasteiger partial charge in [0.2, 0.25) is 0 Å². The van der Waals surface area contributed by atoms with Gasteiger partial charge in [-0.05, 0) is 48.7 Å². The summed E-state index contributed by atoms with van der Waals surface area (Å²) in [7, 11) is 0. The Labute approximate surface area is 162 Å². The van der Waals surface area contributed by atoms with Crippen LogP contribution in [0.4, 0.5) is 5.69 Å². The van der Waals surface area contributed by atoms with Crippen molar-refractivity contribution in [2.24, 2.45) is 0 Å². The van der Waals surface area contributed by atoms with Crippen molar-refractivity contribution < 1.29 is 14.3 Å². The summed E-state index contributed by atoms with van der Waals surface area (Å²) < 4.78 is 6.20. The van der Waals surface area contributed by atoms with Crippen LogP contribution in [0.15, 0.2) is 47.5 Å². The molecule has 0 unspecified atom stereocenters. The number of esters is 1. The van der Waals surface area contributed by atoms with E-state index < -0.39 is 11.9 Å². The van der Waals surface area contributed by atoms with E-state index in [-0.39, 0.29) is 12.2 Å². The molecule has 3 aromatic rings. The maximum Gasteiger partial charge on any atom is 0.303 e. The van der Waals surface area contributed by atoms with Crippen LogP contribution in [0.25, 0.3) is 10.9 Å². The van der Waals surface area contributed by atoms with E-state index in [1.54, 1.807) is 18.2 Å². The number of aryl methyl sites for hydroxylation is 2. The number of hydrogen-bond donors (Lipinski definition) is 1. The van der Waals surface area contributed by atoms with Crippen LogP contribution in [-0.4, -0.2) is 28.0 Å². The second kappa shape index (κ2) is 8.04. The molecule has 0 saturated carbocycles. The highest BCUT2D eigenvalue weighted by Gasteiger charge is 2.09. The first kappa shape index (κ1) is 19.3. The number of nitrogens with zero attached hydrogens (tertiary/aromatic N) is 2. The fourth-order valence-corrected chi connectivity index (χ4v) is 2.81. The average Bonchev–Trinajstić information content (AvgIpc) is 2.65. The van der Waals surface area contributed by atoms with E-state index in [1.165, 1.54) is 23.4 Å². The van der Waals surface area contributed by atoms with E-state index in [1.807, 2.05) is 26.0 Å². The summed E-state index contributed by atoms with van der Waals surface area (Å²) in [6.07, 6.45) is 1.53. The average molecular weight is 379 g/mol. The molecule has 3 rings (SSSR count). The molecule has 0 aliphatic carbocycles. The van der Waals surface area contributed by atoms with Gasteiger partial charge in [-0.1, -0.05) is 18.2 Å². The van der Waals surface area contributed by atoms with Gasteiger partial charge in [-0.3, -0.25) is 19.0 Å². The highest BCUT2D eigenvalue weighted by atomic mass is 16.5. The Kier molecular flexibility index (Phi) is 5.54. The predicted octanol–water partition coefficient (Wildman–Crippen LogP) is 2.56. The highest BCUT2D eigenvalue weighted by molar-refractivity contribution is 5.94. The Balaban J connectivity index is 1.87. The molecule has 0 aliphatic heterocycles. The van der Waals surface area contributed by atoms with Crippen molar-refractivity contribution in [2.45, 2.75) is 27.3 Å². The van der Waals surface area contributed by atoms with Crippen LogP contribution in [0.2, 0.25) is 0 Å². The Bertz CT molecular complexity index is 1120. The number of amides is 1. The number of carbonyl (C=O) groups is 2. The quantitative estimate of drug-likeness (QED) is 0.688. The van der Waals surface area contributed by atoms with Crippen molar-refractivity contribution >= 4 is 28.5 Å². The summed E-state index contributed by atoms with van der Waals surface area (Å²) in [5.74, 6) is -1.01. The number of rotatable bonds is 5. The molecule has 1 heterocycles. The number of nitrogens with one attached hydrogen (secondary N) is 1. The van der Waals surface area contributed by atoms with Gasteiger partial charge in [-0.25, -0.2) is 4.98 Å². The van der Waals surface area contributed by atoms with Gasteiger partial charge in [0.05, 0.1) is 23.8 Å². The molecule has 0 atom stereocenters. The standard InChI is InChI=1S/C21H21N3O4/c1-13-4-5-16(8-14(13)2)10-24-12-22-19-7-6-17(9-18(19)21(24)27)23-20(26)11-28-15(3)25/h4-9,12H,10-11H2,1-3H3,(H,23,26). The Morgan fingerprint density at radius 2 is 1.89 bits per heavy atom. The molecule has 0 aliphatic rings. The minimum Gasteiger partial charge on any atom is -0.456 e. The molecule has 0 bridgehead atoms. The Morgan fingerprint density at radius 3 is 2.61 bits per heavy atom. The molecule has 0 saturated heterocycles. The van der Waals surface area contributed by atoms with E-state index >= 15 is 0 Å². The van der Waals surface area contributed by atoms with Gasteiger partial charge < -0.3 is 10.1 Å². The van der Waals surface area contributed by atoms with Crippen LogP contribution in [0.5, 0.6) is 0 Å². The minimum absolute atomic E-state index is 0.195. The monoisotopic (exact) mass is 379 g/mol. The van der Waals surface area contributed by atoms with Gasteiger partial charge in [0.25, 0.3) is 11.5 Å². The van der Waals surface area contributed by atoms with Crippen molar-refractivity contribution in [3.63, 3.8) is 0 Å². The summed E-state index contributed by atoms with van der Waals surface area (Å²) in [5, 5.41) is 3.01. The summed E-state index contributed by atoms with van der Waals surface area (Å²) in [6.45, 7) is 5.33. The zero-order valence-electron chi connectivity index (χ0n) is 16.0. The molecular weight excluding hydrogens is 358 g/mol. The van der Waals surface area contributed by atoms with Crippen LogP contribution in [0.1, 0.15) is 23.6 Å². The van der Waals surface area contributed by atoms with Crippen LogP contribution < -0.4 is 10.9 Å². The van der Waals surface area contributed by atoms with E-state index in [4.69, 9.17) is 0 Å². The summed E-state index contributed by atoms with van der Waals surface area (Å²) in [5.41, 5.74) is 4.15. The summed E-state index contributed by atoms with van der Waals surface area (Å²) in [6, 6.07) is 11.0. The molecule has 2 aromatic carbocycles. The largest absolute Gasteiger partial charge is 0.456 e. The fraction of sp³-hybridized carbons (Fsp3) is 0.238. The first-order chi connectivity index (χ1) is 13.3. The number of anilines is 1. The van der Waals surface area contributed by atoms with E-state index in [0.717, 1.165) is 11.1 Å². The topological polar surface area (TPSA) is 90.3 Å². The normalized spacial score (nSPS) is 10.7. The minimum atomic E-state index is -0.535. The Morgan fingerprint density at radius 1 is 1.11 bits per heavy atom. The van der Waals surface area contributed by atoms with E-state index in [9.17, 15) is 14.4 Å². The number of hydrogen-bond acceptors (Lipinski definition) is 5. The van der Waals surface area contributed by atoms with Crippen LogP contribution in [0.3, 0.4) is 0 Å². The molecule has 28 heavy (non-hydrogen) atoms. The van der Waals surface area contributed by atoms with Crippen molar-refractivity contribution in [2.75, 3.05) is 11.9 Å². The predicted molar refractivity (Wildman–Crippen MR) is 106 cm³/mol. The zero-order valence-corrected chi connectivity index (χ0v) is 16.0. The highest BCUT2D eigenvalue weighted by Crippen LogP contribution is 2.15. The van der Waals surface area contributed by atoms with Crippen molar-refractivity contribution in [3.05, 3.63) is 69.8 Å². The van der Waals surface area contributed by atoms with E-state index in [0.29, 0.717) is 23.1 Å². The molecule has 7 nitrogen and oxygen atoms in total. The molecular formula is C21H21N3O4. The van der Waals surface area contributed by atoms with Gasteiger partial charge in [-0.15, -0.1) is 0 Å². The lowest BCUT2D eigenvalue weighted by Crippen LogP contribution is -2.22. The third-order valence-electron chi connectivity index (χ3n) is 4.44. The van der Waals surface area contributed by atoms with Gasteiger partial charge in [0, 0.05) is 12.6 Å². The second-order valence-electron chi connectivity index (χ2n) is 6.66. The second-order valence-corrected chi connectivity index (χ2v) is 6.66. The maximum atomic E-state index is 12.9.